The number of carboxylic acid groups (broad SMARTS) is 1. The summed E-state index contributed by atoms with van der Waals surface area (Å²) in [5.74, 6) is -0.915. The van der Waals surface area contributed by atoms with Gasteiger partial charge in [-0.1, -0.05) is 12.1 Å². The topological polar surface area (TPSA) is 62.2 Å². The molecule has 94 valence electrons. The zero-order valence-electron chi connectivity index (χ0n) is 10.2. The summed E-state index contributed by atoms with van der Waals surface area (Å²) in [5.41, 5.74) is 1.91. The third kappa shape index (κ3) is 2.68. The molecule has 0 spiro atoms. The Labute approximate surface area is 109 Å². The second-order valence-electron chi connectivity index (χ2n) is 4.00. The van der Waals surface area contributed by atoms with Gasteiger partial charge in [0.05, 0.1) is 22.8 Å². The van der Waals surface area contributed by atoms with Gasteiger partial charge in [-0.15, -0.1) is 11.3 Å². The van der Waals surface area contributed by atoms with Crippen molar-refractivity contribution < 1.29 is 9.90 Å². The fourth-order valence-corrected chi connectivity index (χ4v) is 2.48. The summed E-state index contributed by atoms with van der Waals surface area (Å²) < 4.78 is 0. The summed E-state index contributed by atoms with van der Waals surface area (Å²) in [7, 11) is 0. The summed E-state index contributed by atoms with van der Waals surface area (Å²) in [6, 6.07) is 5.25. The average molecular weight is 262 g/mol. The van der Waals surface area contributed by atoms with Crippen LogP contribution in [0.15, 0.2) is 24.4 Å². The number of anilines is 1. The summed E-state index contributed by atoms with van der Waals surface area (Å²) in [4.78, 5) is 16.4. The van der Waals surface area contributed by atoms with Gasteiger partial charge in [-0.25, -0.2) is 9.78 Å². The molecular weight excluding hydrogens is 248 g/mol. The van der Waals surface area contributed by atoms with Crippen LogP contribution in [0.25, 0.3) is 0 Å². The van der Waals surface area contributed by atoms with Crippen LogP contribution in [0.3, 0.4) is 0 Å². The molecule has 2 aromatic rings. The minimum absolute atomic E-state index is 0.302. The second kappa shape index (κ2) is 5.18. The van der Waals surface area contributed by atoms with Gasteiger partial charge in [0.15, 0.2) is 0 Å². The Kier molecular flexibility index (Phi) is 3.62. The van der Waals surface area contributed by atoms with Crippen LogP contribution in [0.4, 0.5) is 5.69 Å². The maximum absolute atomic E-state index is 11.1. The van der Waals surface area contributed by atoms with E-state index in [9.17, 15) is 4.79 Å². The van der Waals surface area contributed by atoms with Crippen molar-refractivity contribution in [3.05, 3.63) is 45.4 Å². The van der Waals surface area contributed by atoms with Gasteiger partial charge in [0.25, 0.3) is 0 Å². The zero-order chi connectivity index (χ0) is 13.1. The number of carboxylic acids is 1. The average Bonchev–Trinajstić information content (AvgIpc) is 2.73. The van der Waals surface area contributed by atoms with E-state index in [0.29, 0.717) is 17.8 Å². The molecule has 0 unspecified atom stereocenters. The van der Waals surface area contributed by atoms with E-state index < -0.39 is 5.97 Å². The summed E-state index contributed by atoms with van der Waals surface area (Å²) in [6.07, 6.45) is 1.81. The molecule has 0 aliphatic heterocycles. The van der Waals surface area contributed by atoms with Gasteiger partial charge in [-0.2, -0.15) is 0 Å². The van der Waals surface area contributed by atoms with E-state index in [1.807, 2.05) is 26.1 Å². The van der Waals surface area contributed by atoms with Crippen LogP contribution in [0, 0.1) is 13.8 Å². The Hall–Kier alpha value is -1.88. The lowest BCUT2D eigenvalue weighted by Crippen LogP contribution is -2.07. The highest BCUT2D eigenvalue weighted by Gasteiger charge is 2.11. The first-order valence-corrected chi connectivity index (χ1v) is 6.37. The number of hydrogen-bond donors (Lipinski definition) is 2. The number of benzene rings is 1. The van der Waals surface area contributed by atoms with E-state index in [2.05, 4.69) is 10.3 Å². The molecule has 2 rings (SSSR count). The highest BCUT2D eigenvalue weighted by Crippen LogP contribution is 2.22. The van der Waals surface area contributed by atoms with Crippen molar-refractivity contribution >= 4 is 23.0 Å². The van der Waals surface area contributed by atoms with Crippen LogP contribution in [-0.2, 0) is 6.54 Å². The second-order valence-corrected chi connectivity index (χ2v) is 5.32. The molecule has 0 saturated carbocycles. The molecule has 0 fully saturated rings. The highest BCUT2D eigenvalue weighted by molar-refractivity contribution is 7.11. The zero-order valence-corrected chi connectivity index (χ0v) is 11.0. The van der Waals surface area contributed by atoms with E-state index in [1.165, 1.54) is 0 Å². The number of thiazole rings is 1. The summed E-state index contributed by atoms with van der Waals surface area (Å²) >= 11 is 1.61. The quantitative estimate of drug-likeness (QED) is 0.889. The predicted octanol–water partition coefficient (Wildman–Crippen LogP) is 3.07. The van der Waals surface area contributed by atoms with E-state index in [1.54, 1.807) is 23.5 Å². The standard InChI is InChI=1S/C13H14N2O2S/c1-8-4-3-5-11(13(16)17)12(8)15-7-10-6-14-9(2)18-10/h3-6,15H,7H2,1-2H3,(H,16,17). The maximum Gasteiger partial charge on any atom is 0.337 e. The van der Waals surface area contributed by atoms with Crippen molar-refractivity contribution in [1.82, 2.24) is 4.98 Å². The lowest BCUT2D eigenvalue weighted by atomic mass is 10.1. The van der Waals surface area contributed by atoms with E-state index >= 15 is 0 Å². The molecule has 0 atom stereocenters. The fourth-order valence-electron chi connectivity index (χ4n) is 1.74. The van der Waals surface area contributed by atoms with Crippen molar-refractivity contribution in [2.45, 2.75) is 20.4 Å². The Bertz CT molecular complexity index is 578. The number of carbonyl (C=O) groups is 1. The highest BCUT2D eigenvalue weighted by atomic mass is 32.1. The Morgan fingerprint density at radius 2 is 2.22 bits per heavy atom. The number of aromatic carboxylic acids is 1. The molecule has 1 heterocycles. The number of nitrogens with zero attached hydrogens (tertiary/aromatic N) is 1. The maximum atomic E-state index is 11.1. The normalized spacial score (nSPS) is 10.3. The van der Waals surface area contributed by atoms with E-state index in [0.717, 1.165) is 15.4 Å². The molecule has 5 heteroatoms. The number of para-hydroxylation sites is 1. The number of aromatic nitrogens is 1. The molecule has 1 aromatic carbocycles. The first-order valence-electron chi connectivity index (χ1n) is 5.56. The first-order chi connectivity index (χ1) is 8.58. The molecule has 0 bridgehead atoms. The first kappa shape index (κ1) is 12.6. The van der Waals surface area contributed by atoms with Crippen molar-refractivity contribution in [2.24, 2.45) is 0 Å². The molecule has 0 aliphatic carbocycles. The Balaban J connectivity index is 2.20. The van der Waals surface area contributed by atoms with Gasteiger partial charge in [-0.3, -0.25) is 0 Å². The fraction of sp³-hybridized carbons (Fsp3) is 0.231. The van der Waals surface area contributed by atoms with Crippen molar-refractivity contribution in [3.8, 4) is 0 Å². The molecule has 0 radical (unpaired) electrons. The number of nitrogens with one attached hydrogen (secondary N) is 1. The SMILES string of the molecule is Cc1ncc(CNc2c(C)cccc2C(=O)O)s1. The van der Waals surface area contributed by atoms with Gasteiger partial charge in [0, 0.05) is 11.1 Å². The van der Waals surface area contributed by atoms with Gasteiger partial charge in [0.1, 0.15) is 0 Å². The van der Waals surface area contributed by atoms with E-state index in [4.69, 9.17) is 5.11 Å². The lowest BCUT2D eigenvalue weighted by molar-refractivity contribution is 0.0698. The molecule has 0 saturated heterocycles. The lowest BCUT2D eigenvalue weighted by Gasteiger charge is -2.11. The van der Waals surface area contributed by atoms with Gasteiger partial charge in [-0.05, 0) is 25.5 Å². The third-order valence-corrected chi connectivity index (χ3v) is 3.52. The molecule has 0 aliphatic rings. The third-order valence-electron chi connectivity index (χ3n) is 2.61. The van der Waals surface area contributed by atoms with Crippen LogP contribution >= 0.6 is 11.3 Å². The van der Waals surface area contributed by atoms with Gasteiger partial charge >= 0.3 is 5.97 Å². The van der Waals surface area contributed by atoms with Crippen molar-refractivity contribution in [2.75, 3.05) is 5.32 Å². The Morgan fingerprint density at radius 1 is 1.44 bits per heavy atom. The molecule has 1 aromatic heterocycles. The van der Waals surface area contributed by atoms with Crippen LogP contribution in [0.2, 0.25) is 0 Å². The summed E-state index contributed by atoms with van der Waals surface area (Å²) in [5, 5.41) is 13.3. The van der Waals surface area contributed by atoms with Crippen molar-refractivity contribution in [3.63, 3.8) is 0 Å². The minimum Gasteiger partial charge on any atom is -0.478 e. The van der Waals surface area contributed by atoms with Crippen LogP contribution in [-0.4, -0.2) is 16.1 Å². The molecule has 4 nitrogen and oxygen atoms in total. The predicted molar refractivity (Wildman–Crippen MR) is 72.3 cm³/mol. The van der Waals surface area contributed by atoms with Crippen LogP contribution in [0.5, 0.6) is 0 Å². The number of hydrogen-bond acceptors (Lipinski definition) is 4. The molecule has 0 amide bonds. The smallest absolute Gasteiger partial charge is 0.337 e. The number of rotatable bonds is 4. The molecule has 2 N–H and O–H groups in total. The van der Waals surface area contributed by atoms with Crippen LogP contribution < -0.4 is 5.32 Å². The van der Waals surface area contributed by atoms with Gasteiger partial charge in [0.2, 0.25) is 0 Å². The Morgan fingerprint density at radius 3 is 2.83 bits per heavy atom. The van der Waals surface area contributed by atoms with Crippen molar-refractivity contribution in [1.29, 1.82) is 0 Å². The largest absolute Gasteiger partial charge is 0.478 e. The minimum atomic E-state index is -0.915. The summed E-state index contributed by atoms with van der Waals surface area (Å²) in [6.45, 7) is 4.44. The molecular formula is C13H14N2O2S. The van der Waals surface area contributed by atoms with E-state index in [-0.39, 0.29) is 0 Å². The monoisotopic (exact) mass is 262 g/mol. The van der Waals surface area contributed by atoms with Gasteiger partial charge < -0.3 is 10.4 Å². The number of aryl methyl sites for hydroxylation is 2. The van der Waals surface area contributed by atoms with Crippen LogP contribution in [0.1, 0.15) is 25.8 Å². The molecule has 18 heavy (non-hydrogen) atoms.